The van der Waals surface area contributed by atoms with Gasteiger partial charge in [-0.2, -0.15) is 0 Å². The van der Waals surface area contributed by atoms with Crippen LogP contribution in [-0.4, -0.2) is 65.5 Å². The summed E-state index contributed by atoms with van der Waals surface area (Å²) in [5.74, 6) is 2.14. The molecule has 166 valence electrons. The molecule has 1 aromatic carbocycles. The van der Waals surface area contributed by atoms with E-state index in [9.17, 15) is 4.79 Å². The molecule has 0 atom stereocenters. The standard InChI is InChI=1S/C25H29N5O2/c1-4-29-8-10-30(11-9-29)24-16-21(27-25(28-24)19-6-5-7-26-17-19)15-23(31)20-12-18(2)13-22(14-20)32-3/h5-7,12-14,16-17H,4,8-11,15H2,1-3H3. The second kappa shape index (κ2) is 9.87. The van der Waals surface area contributed by atoms with Gasteiger partial charge in [0.25, 0.3) is 0 Å². The molecule has 0 N–H and O–H groups in total. The Morgan fingerprint density at radius 2 is 1.91 bits per heavy atom. The van der Waals surface area contributed by atoms with Crippen molar-refractivity contribution in [1.29, 1.82) is 0 Å². The molecule has 7 nitrogen and oxygen atoms in total. The van der Waals surface area contributed by atoms with E-state index in [0.29, 0.717) is 22.8 Å². The second-order valence-corrected chi connectivity index (χ2v) is 8.04. The van der Waals surface area contributed by atoms with E-state index in [0.717, 1.165) is 49.7 Å². The fraction of sp³-hybridized carbons (Fsp3) is 0.360. The van der Waals surface area contributed by atoms with Crippen LogP contribution in [0.3, 0.4) is 0 Å². The first kappa shape index (κ1) is 21.9. The van der Waals surface area contributed by atoms with Crippen LogP contribution in [0.1, 0.15) is 28.5 Å². The predicted octanol–water partition coefficient (Wildman–Crippen LogP) is 3.42. The number of aromatic nitrogens is 3. The summed E-state index contributed by atoms with van der Waals surface area (Å²) >= 11 is 0. The minimum Gasteiger partial charge on any atom is -0.497 e. The van der Waals surface area contributed by atoms with Crippen molar-refractivity contribution in [3.8, 4) is 17.1 Å². The molecule has 0 aliphatic carbocycles. The maximum absolute atomic E-state index is 13.1. The molecule has 2 aromatic heterocycles. The number of nitrogens with zero attached hydrogens (tertiary/aromatic N) is 5. The Morgan fingerprint density at radius 3 is 2.59 bits per heavy atom. The molecule has 32 heavy (non-hydrogen) atoms. The molecule has 0 unspecified atom stereocenters. The van der Waals surface area contributed by atoms with E-state index < -0.39 is 0 Å². The zero-order valence-electron chi connectivity index (χ0n) is 18.9. The third-order valence-corrected chi connectivity index (χ3v) is 5.78. The zero-order chi connectivity index (χ0) is 22.5. The third-order valence-electron chi connectivity index (χ3n) is 5.78. The van der Waals surface area contributed by atoms with E-state index in [1.165, 1.54) is 0 Å². The van der Waals surface area contributed by atoms with Crippen LogP contribution in [-0.2, 0) is 6.42 Å². The van der Waals surface area contributed by atoms with Crippen LogP contribution in [0.15, 0.2) is 48.8 Å². The smallest absolute Gasteiger partial charge is 0.168 e. The van der Waals surface area contributed by atoms with Crippen molar-refractivity contribution in [1.82, 2.24) is 19.9 Å². The summed E-state index contributed by atoms with van der Waals surface area (Å²) in [4.78, 5) is 31.6. The number of ketones is 1. The zero-order valence-corrected chi connectivity index (χ0v) is 18.9. The van der Waals surface area contributed by atoms with Gasteiger partial charge in [-0.15, -0.1) is 0 Å². The highest BCUT2D eigenvalue weighted by atomic mass is 16.5. The number of benzene rings is 1. The molecule has 0 saturated carbocycles. The molecular weight excluding hydrogens is 402 g/mol. The molecule has 1 aliphatic rings. The van der Waals surface area contributed by atoms with Crippen molar-refractivity contribution in [2.24, 2.45) is 0 Å². The normalized spacial score (nSPS) is 14.4. The lowest BCUT2D eigenvalue weighted by molar-refractivity contribution is 0.0991. The number of carbonyl (C=O) groups excluding carboxylic acids is 1. The van der Waals surface area contributed by atoms with Gasteiger partial charge in [-0.1, -0.05) is 6.92 Å². The van der Waals surface area contributed by atoms with Gasteiger partial charge in [0.05, 0.1) is 19.2 Å². The summed E-state index contributed by atoms with van der Waals surface area (Å²) in [5.41, 5.74) is 3.16. The lowest BCUT2D eigenvalue weighted by atomic mass is 10.0. The van der Waals surface area contributed by atoms with Gasteiger partial charge >= 0.3 is 0 Å². The molecule has 3 aromatic rings. The fourth-order valence-electron chi connectivity index (χ4n) is 3.95. The highest BCUT2D eigenvalue weighted by Crippen LogP contribution is 2.23. The van der Waals surface area contributed by atoms with E-state index in [1.54, 1.807) is 25.6 Å². The molecule has 0 amide bonds. The maximum Gasteiger partial charge on any atom is 0.168 e. The fourth-order valence-corrected chi connectivity index (χ4v) is 3.95. The number of pyridine rings is 1. The Kier molecular flexibility index (Phi) is 6.75. The second-order valence-electron chi connectivity index (χ2n) is 8.04. The average Bonchev–Trinajstić information content (AvgIpc) is 2.84. The van der Waals surface area contributed by atoms with Crippen molar-refractivity contribution in [2.75, 3.05) is 44.7 Å². The van der Waals surface area contributed by atoms with Crippen LogP contribution in [0.5, 0.6) is 5.75 Å². The number of hydrogen-bond donors (Lipinski definition) is 0. The number of methoxy groups -OCH3 is 1. The third kappa shape index (κ3) is 5.11. The minimum absolute atomic E-state index is 0.00425. The maximum atomic E-state index is 13.1. The lowest BCUT2D eigenvalue weighted by Gasteiger charge is -2.35. The summed E-state index contributed by atoms with van der Waals surface area (Å²) in [7, 11) is 1.61. The van der Waals surface area contributed by atoms with Crippen molar-refractivity contribution in [3.63, 3.8) is 0 Å². The molecule has 1 aliphatic heterocycles. The molecule has 7 heteroatoms. The Balaban J connectivity index is 1.65. The van der Waals surface area contributed by atoms with E-state index in [2.05, 4.69) is 21.7 Å². The number of ether oxygens (including phenoxy) is 1. The number of anilines is 1. The molecule has 0 bridgehead atoms. The van der Waals surface area contributed by atoms with Gasteiger partial charge in [-0.3, -0.25) is 9.78 Å². The Morgan fingerprint density at radius 1 is 1.09 bits per heavy atom. The van der Waals surface area contributed by atoms with Crippen LogP contribution in [0, 0.1) is 6.92 Å². The van der Waals surface area contributed by atoms with Crippen LogP contribution in [0.4, 0.5) is 5.82 Å². The number of aryl methyl sites for hydroxylation is 1. The first-order valence-electron chi connectivity index (χ1n) is 11.0. The molecular formula is C25H29N5O2. The van der Waals surface area contributed by atoms with Crippen LogP contribution in [0.25, 0.3) is 11.4 Å². The first-order chi connectivity index (χ1) is 15.6. The van der Waals surface area contributed by atoms with Gasteiger partial charge in [-0.25, -0.2) is 9.97 Å². The number of Topliss-reactive ketones (excluding diaryl/α,β-unsaturated/α-hetero) is 1. The number of rotatable bonds is 7. The SMILES string of the molecule is CCN1CCN(c2cc(CC(=O)c3cc(C)cc(OC)c3)nc(-c3cccnc3)n2)CC1. The van der Waals surface area contributed by atoms with Crippen LogP contribution < -0.4 is 9.64 Å². The highest BCUT2D eigenvalue weighted by molar-refractivity contribution is 5.98. The number of piperazine rings is 1. The van der Waals surface area contributed by atoms with Gasteiger partial charge in [0.1, 0.15) is 11.6 Å². The predicted molar refractivity (Wildman–Crippen MR) is 125 cm³/mol. The van der Waals surface area contributed by atoms with E-state index >= 15 is 0 Å². The van der Waals surface area contributed by atoms with Crippen molar-refractivity contribution < 1.29 is 9.53 Å². The summed E-state index contributed by atoms with van der Waals surface area (Å²) in [6.45, 7) is 9.00. The molecule has 4 rings (SSSR count). The average molecular weight is 432 g/mol. The summed E-state index contributed by atoms with van der Waals surface area (Å²) < 4.78 is 5.33. The molecule has 0 radical (unpaired) electrons. The molecule has 1 fully saturated rings. The van der Waals surface area contributed by atoms with Gasteiger partial charge < -0.3 is 14.5 Å². The molecule has 0 spiro atoms. The lowest BCUT2D eigenvalue weighted by Crippen LogP contribution is -2.46. The van der Waals surface area contributed by atoms with E-state index in [1.807, 2.05) is 37.3 Å². The van der Waals surface area contributed by atoms with E-state index in [4.69, 9.17) is 14.7 Å². The van der Waals surface area contributed by atoms with E-state index in [-0.39, 0.29) is 12.2 Å². The monoisotopic (exact) mass is 431 g/mol. The number of carbonyl (C=O) groups is 1. The topological polar surface area (TPSA) is 71.5 Å². The van der Waals surface area contributed by atoms with Crippen LogP contribution in [0.2, 0.25) is 0 Å². The Bertz CT molecular complexity index is 1080. The van der Waals surface area contributed by atoms with Crippen molar-refractivity contribution in [3.05, 3.63) is 65.6 Å². The minimum atomic E-state index is 0.00425. The number of hydrogen-bond acceptors (Lipinski definition) is 7. The summed E-state index contributed by atoms with van der Waals surface area (Å²) in [6, 6.07) is 11.3. The quantitative estimate of drug-likeness (QED) is 0.531. The molecule has 1 saturated heterocycles. The molecule has 3 heterocycles. The highest BCUT2D eigenvalue weighted by Gasteiger charge is 2.20. The Labute approximate surface area is 189 Å². The Hall–Kier alpha value is -3.32. The van der Waals surface area contributed by atoms with Crippen molar-refractivity contribution in [2.45, 2.75) is 20.3 Å². The largest absolute Gasteiger partial charge is 0.497 e. The number of likely N-dealkylation sites (N-methyl/N-ethyl adjacent to an activating group) is 1. The summed E-state index contributed by atoms with van der Waals surface area (Å²) in [5, 5.41) is 0. The van der Waals surface area contributed by atoms with Crippen molar-refractivity contribution >= 4 is 11.6 Å². The first-order valence-corrected chi connectivity index (χ1v) is 11.0. The van der Waals surface area contributed by atoms with Gasteiger partial charge in [-0.05, 0) is 49.4 Å². The van der Waals surface area contributed by atoms with Gasteiger partial charge in [0.15, 0.2) is 11.6 Å². The van der Waals surface area contributed by atoms with Crippen LogP contribution >= 0.6 is 0 Å². The summed E-state index contributed by atoms with van der Waals surface area (Å²) in [6.07, 6.45) is 3.68. The van der Waals surface area contributed by atoms with Gasteiger partial charge in [0, 0.05) is 55.8 Å². The van der Waals surface area contributed by atoms with Gasteiger partial charge in [0.2, 0.25) is 0 Å².